The highest BCUT2D eigenvalue weighted by molar-refractivity contribution is 6.17. The fourth-order valence-electron chi connectivity index (χ4n) is 1.56. The minimum Gasteiger partial charge on any atom is -0.368 e. The van der Waals surface area contributed by atoms with Crippen LogP contribution in [0.15, 0.2) is 0 Å². The van der Waals surface area contributed by atoms with E-state index in [2.05, 4.69) is 12.2 Å². The Balaban J connectivity index is 2.14. The molecule has 0 aromatic rings. The van der Waals surface area contributed by atoms with Crippen molar-refractivity contribution in [1.29, 1.82) is 0 Å². The molecule has 3 nitrogen and oxygen atoms in total. The number of unbranched alkanes of at least 4 members (excludes halogenated alkanes) is 1. The third-order valence-electron chi connectivity index (χ3n) is 2.51. The second kappa shape index (κ2) is 6.25. The first-order chi connectivity index (χ1) is 6.75. The first-order valence-corrected chi connectivity index (χ1v) is 5.74. The molecule has 1 saturated heterocycles. The Labute approximate surface area is 90.1 Å². The molecule has 0 radical (unpaired) electrons. The Kier molecular flexibility index (Phi) is 5.26. The standard InChI is InChI=1S/C10H18ClNO2/c1-8-4-7-14-9(8)10(13)12-6-3-2-5-11/h8-9H,2-7H2,1H3,(H,12,13). The van der Waals surface area contributed by atoms with Gasteiger partial charge in [-0.3, -0.25) is 4.79 Å². The van der Waals surface area contributed by atoms with E-state index in [1.807, 2.05) is 0 Å². The minimum absolute atomic E-state index is 0.0320. The van der Waals surface area contributed by atoms with E-state index in [9.17, 15) is 4.79 Å². The minimum atomic E-state index is -0.231. The summed E-state index contributed by atoms with van der Waals surface area (Å²) in [5.41, 5.74) is 0. The van der Waals surface area contributed by atoms with Crippen LogP contribution >= 0.6 is 11.6 Å². The molecule has 14 heavy (non-hydrogen) atoms. The van der Waals surface area contributed by atoms with Crippen molar-refractivity contribution >= 4 is 17.5 Å². The summed E-state index contributed by atoms with van der Waals surface area (Å²) in [7, 11) is 0. The van der Waals surface area contributed by atoms with Gasteiger partial charge in [0.05, 0.1) is 0 Å². The summed E-state index contributed by atoms with van der Waals surface area (Å²) in [6, 6.07) is 0. The van der Waals surface area contributed by atoms with E-state index in [1.54, 1.807) is 0 Å². The molecule has 1 N–H and O–H groups in total. The Bertz CT molecular complexity index is 187. The summed E-state index contributed by atoms with van der Waals surface area (Å²) < 4.78 is 5.35. The summed E-state index contributed by atoms with van der Waals surface area (Å²) in [5, 5.41) is 2.87. The lowest BCUT2D eigenvalue weighted by molar-refractivity contribution is -0.131. The molecule has 0 bridgehead atoms. The van der Waals surface area contributed by atoms with E-state index in [4.69, 9.17) is 16.3 Å². The van der Waals surface area contributed by atoms with Crippen molar-refractivity contribution in [3.63, 3.8) is 0 Å². The van der Waals surface area contributed by atoms with Crippen LogP contribution in [0.4, 0.5) is 0 Å². The number of halogens is 1. The average Bonchev–Trinajstić information content (AvgIpc) is 2.59. The third-order valence-corrected chi connectivity index (χ3v) is 2.77. The van der Waals surface area contributed by atoms with E-state index >= 15 is 0 Å². The molecule has 0 aromatic carbocycles. The largest absolute Gasteiger partial charge is 0.368 e. The van der Waals surface area contributed by atoms with Gasteiger partial charge in [0.2, 0.25) is 5.91 Å². The number of ether oxygens (including phenoxy) is 1. The quantitative estimate of drug-likeness (QED) is 0.563. The zero-order chi connectivity index (χ0) is 10.4. The average molecular weight is 220 g/mol. The lowest BCUT2D eigenvalue weighted by Crippen LogP contribution is -2.37. The Morgan fingerprint density at radius 2 is 2.36 bits per heavy atom. The van der Waals surface area contributed by atoms with Crippen molar-refractivity contribution in [3.8, 4) is 0 Å². The highest BCUT2D eigenvalue weighted by Gasteiger charge is 2.30. The fourth-order valence-corrected chi connectivity index (χ4v) is 1.75. The van der Waals surface area contributed by atoms with Crippen LogP contribution < -0.4 is 5.32 Å². The van der Waals surface area contributed by atoms with E-state index < -0.39 is 0 Å². The fraction of sp³-hybridized carbons (Fsp3) is 0.900. The maximum Gasteiger partial charge on any atom is 0.249 e. The van der Waals surface area contributed by atoms with Crippen LogP contribution in [0.3, 0.4) is 0 Å². The zero-order valence-corrected chi connectivity index (χ0v) is 9.35. The van der Waals surface area contributed by atoms with Gasteiger partial charge in [-0.05, 0) is 25.2 Å². The Morgan fingerprint density at radius 3 is 2.93 bits per heavy atom. The predicted molar refractivity (Wildman–Crippen MR) is 56.5 cm³/mol. The third kappa shape index (κ3) is 3.46. The first-order valence-electron chi connectivity index (χ1n) is 5.21. The number of alkyl halides is 1. The van der Waals surface area contributed by atoms with Crippen LogP contribution in [0, 0.1) is 5.92 Å². The molecule has 4 heteroatoms. The predicted octanol–water partition coefficient (Wildman–Crippen LogP) is 1.55. The number of carbonyl (C=O) groups is 1. The summed E-state index contributed by atoms with van der Waals surface area (Å²) in [6.07, 6.45) is 2.64. The van der Waals surface area contributed by atoms with E-state index in [0.29, 0.717) is 24.9 Å². The van der Waals surface area contributed by atoms with Gasteiger partial charge in [0, 0.05) is 19.0 Å². The van der Waals surface area contributed by atoms with Crippen LogP contribution in [-0.4, -0.2) is 31.0 Å². The van der Waals surface area contributed by atoms with Gasteiger partial charge in [-0.2, -0.15) is 0 Å². The van der Waals surface area contributed by atoms with Crippen LogP contribution in [0.5, 0.6) is 0 Å². The number of hydrogen-bond acceptors (Lipinski definition) is 2. The van der Waals surface area contributed by atoms with Gasteiger partial charge in [-0.1, -0.05) is 6.92 Å². The summed E-state index contributed by atoms with van der Waals surface area (Å²) in [5.74, 6) is 1.04. The van der Waals surface area contributed by atoms with Gasteiger partial charge in [-0.25, -0.2) is 0 Å². The summed E-state index contributed by atoms with van der Waals surface area (Å²) in [4.78, 5) is 11.5. The number of carbonyl (C=O) groups excluding carboxylic acids is 1. The summed E-state index contributed by atoms with van der Waals surface area (Å²) >= 11 is 5.53. The van der Waals surface area contributed by atoms with Crippen molar-refractivity contribution in [2.75, 3.05) is 19.0 Å². The van der Waals surface area contributed by atoms with Crippen molar-refractivity contribution in [2.24, 2.45) is 5.92 Å². The van der Waals surface area contributed by atoms with E-state index in [1.165, 1.54) is 0 Å². The van der Waals surface area contributed by atoms with E-state index in [0.717, 1.165) is 19.3 Å². The maximum absolute atomic E-state index is 11.5. The van der Waals surface area contributed by atoms with E-state index in [-0.39, 0.29) is 12.0 Å². The highest BCUT2D eigenvalue weighted by Crippen LogP contribution is 2.19. The van der Waals surface area contributed by atoms with Gasteiger partial charge >= 0.3 is 0 Å². The maximum atomic E-state index is 11.5. The SMILES string of the molecule is CC1CCOC1C(=O)NCCCCCl. The Morgan fingerprint density at radius 1 is 1.57 bits per heavy atom. The van der Waals surface area contributed by atoms with Crippen molar-refractivity contribution < 1.29 is 9.53 Å². The van der Waals surface area contributed by atoms with Crippen molar-refractivity contribution in [1.82, 2.24) is 5.32 Å². The molecule has 2 unspecified atom stereocenters. The highest BCUT2D eigenvalue weighted by atomic mass is 35.5. The van der Waals surface area contributed by atoms with Crippen molar-refractivity contribution in [3.05, 3.63) is 0 Å². The molecule has 2 atom stereocenters. The van der Waals surface area contributed by atoms with Gasteiger partial charge in [-0.15, -0.1) is 11.6 Å². The molecule has 1 fully saturated rings. The molecule has 0 aliphatic carbocycles. The van der Waals surface area contributed by atoms with Gasteiger partial charge in [0.15, 0.2) is 0 Å². The molecule has 0 spiro atoms. The topological polar surface area (TPSA) is 38.3 Å². The van der Waals surface area contributed by atoms with Crippen LogP contribution in [-0.2, 0) is 9.53 Å². The van der Waals surface area contributed by atoms with Crippen LogP contribution in [0.2, 0.25) is 0 Å². The lowest BCUT2D eigenvalue weighted by Gasteiger charge is -2.14. The number of amides is 1. The molecule has 1 amide bonds. The monoisotopic (exact) mass is 219 g/mol. The molecular weight excluding hydrogens is 202 g/mol. The van der Waals surface area contributed by atoms with Gasteiger partial charge < -0.3 is 10.1 Å². The normalized spacial score (nSPS) is 26.4. The smallest absolute Gasteiger partial charge is 0.249 e. The molecule has 0 saturated carbocycles. The molecule has 1 rings (SSSR count). The van der Waals surface area contributed by atoms with Crippen molar-refractivity contribution in [2.45, 2.75) is 32.3 Å². The number of nitrogens with one attached hydrogen (secondary N) is 1. The molecule has 82 valence electrons. The Hall–Kier alpha value is -0.280. The second-order valence-corrected chi connectivity index (χ2v) is 4.12. The molecule has 0 aromatic heterocycles. The first kappa shape index (κ1) is 11.8. The van der Waals surface area contributed by atoms with Gasteiger partial charge in [0.25, 0.3) is 0 Å². The number of hydrogen-bond donors (Lipinski definition) is 1. The van der Waals surface area contributed by atoms with Crippen LogP contribution in [0.25, 0.3) is 0 Å². The summed E-state index contributed by atoms with van der Waals surface area (Å²) in [6.45, 7) is 3.47. The number of rotatable bonds is 5. The van der Waals surface area contributed by atoms with Gasteiger partial charge in [0.1, 0.15) is 6.10 Å². The second-order valence-electron chi connectivity index (χ2n) is 3.74. The molecular formula is C10H18ClNO2. The molecule has 1 aliphatic heterocycles. The molecule has 1 aliphatic rings. The zero-order valence-electron chi connectivity index (χ0n) is 8.59. The van der Waals surface area contributed by atoms with Crippen LogP contribution in [0.1, 0.15) is 26.2 Å². The lowest BCUT2D eigenvalue weighted by atomic mass is 10.0. The molecule has 1 heterocycles.